The second-order valence-electron chi connectivity index (χ2n) is 4.69. The van der Waals surface area contributed by atoms with Crippen molar-refractivity contribution >= 4 is 27.3 Å². The number of benzene rings is 2. The molecule has 23 heavy (non-hydrogen) atoms. The van der Waals surface area contributed by atoms with Crippen LogP contribution in [0.25, 0.3) is 0 Å². The summed E-state index contributed by atoms with van der Waals surface area (Å²) in [6.45, 7) is 0.751. The Hall–Kier alpha value is -1.92. The molecule has 1 heterocycles. The van der Waals surface area contributed by atoms with Crippen LogP contribution in [0.1, 0.15) is 10.7 Å². The third-order valence-electron chi connectivity index (χ3n) is 2.99. The maximum absolute atomic E-state index is 12.8. The second kappa shape index (κ2) is 7.57. The maximum atomic E-state index is 12.8. The molecule has 0 radical (unpaired) electrons. The second-order valence-corrected chi connectivity index (χ2v) is 6.49. The minimum absolute atomic E-state index is 0.280. The molecule has 0 N–H and O–H groups in total. The predicted molar refractivity (Wildman–Crippen MR) is 91.3 cm³/mol. The van der Waals surface area contributed by atoms with Gasteiger partial charge >= 0.3 is 0 Å². The van der Waals surface area contributed by atoms with E-state index in [0.717, 1.165) is 20.9 Å². The largest absolute Gasteiger partial charge is 0.486 e. The molecule has 0 fully saturated rings. The lowest BCUT2D eigenvalue weighted by atomic mass is 10.3. The first-order valence-electron chi connectivity index (χ1n) is 6.90. The van der Waals surface area contributed by atoms with Crippen molar-refractivity contribution in [3.05, 3.63) is 74.9 Å². The Kier molecular flexibility index (Phi) is 5.25. The first-order valence-corrected chi connectivity index (χ1v) is 8.57. The van der Waals surface area contributed by atoms with Gasteiger partial charge in [0.25, 0.3) is 0 Å². The van der Waals surface area contributed by atoms with Gasteiger partial charge in [-0.3, -0.25) is 0 Å². The summed E-state index contributed by atoms with van der Waals surface area (Å²) in [5.41, 5.74) is 0.850. The summed E-state index contributed by atoms with van der Waals surface area (Å²) in [5.74, 6) is 1.12. The average molecular weight is 394 g/mol. The van der Waals surface area contributed by atoms with E-state index in [1.807, 2.05) is 29.6 Å². The SMILES string of the molecule is Fc1ccc(OCc2nc(COc3ccccc3Br)cs2)cc1. The van der Waals surface area contributed by atoms with Crippen molar-refractivity contribution in [3.8, 4) is 11.5 Å². The Morgan fingerprint density at radius 2 is 1.78 bits per heavy atom. The van der Waals surface area contributed by atoms with Crippen LogP contribution in [0.4, 0.5) is 4.39 Å². The van der Waals surface area contributed by atoms with Crippen molar-refractivity contribution in [2.45, 2.75) is 13.2 Å². The van der Waals surface area contributed by atoms with E-state index in [9.17, 15) is 4.39 Å². The molecule has 0 aliphatic heterocycles. The smallest absolute Gasteiger partial charge is 0.140 e. The highest BCUT2D eigenvalue weighted by Crippen LogP contribution is 2.25. The monoisotopic (exact) mass is 393 g/mol. The van der Waals surface area contributed by atoms with Crippen molar-refractivity contribution in [2.75, 3.05) is 0 Å². The van der Waals surface area contributed by atoms with Crippen molar-refractivity contribution in [3.63, 3.8) is 0 Å². The summed E-state index contributed by atoms with van der Waals surface area (Å²) in [7, 11) is 0. The van der Waals surface area contributed by atoms with E-state index in [1.54, 1.807) is 12.1 Å². The minimum atomic E-state index is -0.280. The Balaban J connectivity index is 1.53. The molecule has 0 unspecified atom stereocenters. The Morgan fingerprint density at radius 1 is 1.00 bits per heavy atom. The third kappa shape index (κ3) is 4.53. The molecule has 0 atom stereocenters. The minimum Gasteiger partial charge on any atom is -0.486 e. The summed E-state index contributed by atoms with van der Waals surface area (Å²) in [4.78, 5) is 4.47. The molecule has 2 aromatic carbocycles. The van der Waals surface area contributed by atoms with Crippen LogP contribution < -0.4 is 9.47 Å². The number of hydrogen-bond acceptors (Lipinski definition) is 4. The van der Waals surface area contributed by atoms with Crippen LogP contribution in [-0.2, 0) is 13.2 Å². The number of aromatic nitrogens is 1. The average Bonchev–Trinajstić information content (AvgIpc) is 3.02. The molecule has 0 bridgehead atoms. The zero-order valence-electron chi connectivity index (χ0n) is 12.0. The molecule has 3 nitrogen and oxygen atoms in total. The number of para-hydroxylation sites is 1. The predicted octanol–water partition coefficient (Wildman–Crippen LogP) is 5.20. The summed E-state index contributed by atoms with van der Waals surface area (Å²) in [6.07, 6.45) is 0. The molecule has 118 valence electrons. The van der Waals surface area contributed by atoms with Gasteiger partial charge < -0.3 is 9.47 Å². The fourth-order valence-electron chi connectivity index (χ4n) is 1.87. The highest BCUT2D eigenvalue weighted by atomic mass is 79.9. The lowest BCUT2D eigenvalue weighted by molar-refractivity contribution is 0.293. The number of ether oxygens (including phenoxy) is 2. The maximum Gasteiger partial charge on any atom is 0.140 e. The topological polar surface area (TPSA) is 31.4 Å². The van der Waals surface area contributed by atoms with E-state index >= 15 is 0 Å². The summed E-state index contributed by atoms with van der Waals surface area (Å²) in [6, 6.07) is 13.6. The molecule has 3 rings (SSSR count). The fourth-order valence-corrected chi connectivity index (χ4v) is 2.96. The fraction of sp³-hybridized carbons (Fsp3) is 0.118. The molecule has 0 spiro atoms. The van der Waals surface area contributed by atoms with E-state index < -0.39 is 0 Å². The zero-order chi connectivity index (χ0) is 16.1. The molecule has 1 aromatic heterocycles. The first-order chi connectivity index (χ1) is 11.2. The van der Waals surface area contributed by atoms with Crippen LogP contribution in [0.2, 0.25) is 0 Å². The Morgan fingerprint density at radius 3 is 2.57 bits per heavy atom. The highest BCUT2D eigenvalue weighted by molar-refractivity contribution is 9.10. The van der Waals surface area contributed by atoms with Crippen LogP contribution in [0.15, 0.2) is 58.4 Å². The molecule has 0 aliphatic rings. The van der Waals surface area contributed by atoms with Crippen LogP contribution >= 0.6 is 27.3 Å². The van der Waals surface area contributed by atoms with Crippen molar-refractivity contribution in [1.82, 2.24) is 4.98 Å². The Bertz CT molecular complexity index is 776. The van der Waals surface area contributed by atoms with Crippen LogP contribution in [0, 0.1) is 5.82 Å². The standard InChI is InChI=1S/C17H13BrFNO2S/c18-15-3-1-2-4-16(15)22-9-13-11-23-17(20-13)10-21-14-7-5-12(19)6-8-14/h1-8,11H,9-10H2. The van der Waals surface area contributed by atoms with Gasteiger partial charge in [-0.2, -0.15) is 0 Å². The quantitative estimate of drug-likeness (QED) is 0.576. The summed E-state index contributed by atoms with van der Waals surface area (Å²) >= 11 is 4.95. The van der Waals surface area contributed by atoms with Gasteiger partial charge in [0.05, 0.1) is 10.2 Å². The van der Waals surface area contributed by atoms with Gasteiger partial charge in [-0.1, -0.05) is 12.1 Å². The van der Waals surface area contributed by atoms with Gasteiger partial charge in [0.2, 0.25) is 0 Å². The van der Waals surface area contributed by atoms with Crippen molar-refractivity contribution in [1.29, 1.82) is 0 Å². The van der Waals surface area contributed by atoms with E-state index in [1.165, 1.54) is 23.5 Å². The normalized spacial score (nSPS) is 10.5. The zero-order valence-corrected chi connectivity index (χ0v) is 14.4. The van der Waals surface area contributed by atoms with Gasteiger partial charge in [-0.15, -0.1) is 11.3 Å². The lowest BCUT2D eigenvalue weighted by Crippen LogP contribution is -1.98. The van der Waals surface area contributed by atoms with Crippen LogP contribution in [0.5, 0.6) is 11.5 Å². The van der Waals surface area contributed by atoms with Gasteiger partial charge in [0.15, 0.2) is 0 Å². The number of halogens is 2. The van der Waals surface area contributed by atoms with E-state index in [0.29, 0.717) is 19.0 Å². The van der Waals surface area contributed by atoms with Gasteiger partial charge in [-0.25, -0.2) is 9.37 Å². The van der Waals surface area contributed by atoms with Gasteiger partial charge in [0.1, 0.15) is 35.5 Å². The molecule has 0 amide bonds. The molecular weight excluding hydrogens is 381 g/mol. The van der Waals surface area contributed by atoms with Crippen LogP contribution in [-0.4, -0.2) is 4.98 Å². The molecular formula is C17H13BrFNO2S. The number of thiazole rings is 1. The molecule has 0 saturated carbocycles. The van der Waals surface area contributed by atoms with Gasteiger partial charge in [-0.05, 0) is 52.3 Å². The first kappa shape index (κ1) is 16.0. The molecule has 3 aromatic rings. The number of rotatable bonds is 6. The van der Waals surface area contributed by atoms with E-state index in [4.69, 9.17) is 9.47 Å². The number of nitrogens with zero attached hydrogens (tertiary/aromatic N) is 1. The van der Waals surface area contributed by atoms with Gasteiger partial charge in [0, 0.05) is 5.38 Å². The van der Waals surface area contributed by atoms with Crippen molar-refractivity contribution in [2.24, 2.45) is 0 Å². The number of hydrogen-bond donors (Lipinski definition) is 0. The van der Waals surface area contributed by atoms with E-state index in [2.05, 4.69) is 20.9 Å². The third-order valence-corrected chi connectivity index (χ3v) is 4.51. The Labute approximate surface area is 145 Å². The van der Waals surface area contributed by atoms with Crippen molar-refractivity contribution < 1.29 is 13.9 Å². The molecule has 0 aliphatic carbocycles. The summed E-state index contributed by atoms with van der Waals surface area (Å²) in [5, 5.41) is 2.79. The molecule has 6 heteroatoms. The van der Waals surface area contributed by atoms with E-state index in [-0.39, 0.29) is 5.82 Å². The molecule has 0 saturated heterocycles. The highest BCUT2D eigenvalue weighted by Gasteiger charge is 2.06. The summed E-state index contributed by atoms with van der Waals surface area (Å²) < 4.78 is 25.0. The lowest BCUT2D eigenvalue weighted by Gasteiger charge is -2.06. The van der Waals surface area contributed by atoms with Crippen LogP contribution in [0.3, 0.4) is 0 Å².